The number of aliphatic hydroxyl groups excluding tert-OH is 1. The monoisotopic (exact) mass is 188 g/mol. The summed E-state index contributed by atoms with van der Waals surface area (Å²) in [5, 5.41) is 13.9. The van der Waals surface area contributed by atoms with Gasteiger partial charge in [0.05, 0.1) is 6.61 Å². The number of hydrogen-bond donors (Lipinski definition) is 3. The van der Waals surface area contributed by atoms with E-state index < -0.39 is 24.1 Å². The molecule has 1 aliphatic heterocycles. The Labute approximate surface area is 75.3 Å². The van der Waals surface area contributed by atoms with Gasteiger partial charge in [-0.25, -0.2) is 9.59 Å². The predicted molar refractivity (Wildman–Crippen MR) is 43.0 cm³/mol. The number of ether oxygens (including phenoxy) is 1. The molecule has 0 bridgehead atoms. The van der Waals surface area contributed by atoms with Gasteiger partial charge in [-0.15, -0.1) is 0 Å². The third-order valence-electron chi connectivity index (χ3n) is 1.68. The van der Waals surface area contributed by atoms with Gasteiger partial charge in [-0.2, -0.15) is 0 Å². The Hall–Kier alpha value is -1.30. The normalized spacial score (nSPS) is 27.4. The van der Waals surface area contributed by atoms with E-state index in [2.05, 4.69) is 15.4 Å². The standard InChI is InChI=1S/C7H12N2O4/c1-2-13-6(11)5-4(10)3-8-7(12)9-5/h4-5,10H,2-3H2,1H3,(H2,8,9,12)/t4-,5-/m1/s1. The molecule has 0 aliphatic carbocycles. The Balaban J connectivity index is 2.54. The molecule has 0 spiro atoms. The number of nitrogens with one attached hydrogen (secondary N) is 2. The smallest absolute Gasteiger partial charge is 0.331 e. The first-order valence-electron chi connectivity index (χ1n) is 4.04. The zero-order valence-electron chi connectivity index (χ0n) is 7.24. The summed E-state index contributed by atoms with van der Waals surface area (Å²) in [6.45, 7) is 1.95. The molecule has 1 saturated heterocycles. The van der Waals surface area contributed by atoms with E-state index in [0.29, 0.717) is 0 Å². The Bertz CT molecular complexity index is 219. The molecule has 2 atom stereocenters. The molecule has 13 heavy (non-hydrogen) atoms. The van der Waals surface area contributed by atoms with Crippen molar-refractivity contribution < 1.29 is 19.4 Å². The van der Waals surface area contributed by atoms with Crippen molar-refractivity contribution >= 4 is 12.0 Å². The summed E-state index contributed by atoms with van der Waals surface area (Å²) in [5.41, 5.74) is 0. The molecule has 3 N–H and O–H groups in total. The molecule has 2 amide bonds. The Morgan fingerprint density at radius 1 is 1.77 bits per heavy atom. The van der Waals surface area contributed by atoms with E-state index in [9.17, 15) is 14.7 Å². The lowest BCUT2D eigenvalue weighted by Crippen LogP contribution is -2.61. The van der Waals surface area contributed by atoms with Crippen LogP contribution in [0.3, 0.4) is 0 Å². The topological polar surface area (TPSA) is 87.7 Å². The van der Waals surface area contributed by atoms with E-state index in [4.69, 9.17) is 0 Å². The quantitative estimate of drug-likeness (QED) is 0.465. The van der Waals surface area contributed by atoms with E-state index in [1.54, 1.807) is 6.92 Å². The number of rotatable bonds is 2. The third kappa shape index (κ3) is 2.32. The van der Waals surface area contributed by atoms with Crippen molar-refractivity contribution in [3.63, 3.8) is 0 Å². The number of hydrogen-bond acceptors (Lipinski definition) is 4. The summed E-state index contributed by atoms with van der Waals surface area (Å²) in [4.78, 5) is 21.9. The molecule has 0 aromatic carbocycles. The zero-order valence-corrected chi connectivity index (χ0v) is 7.24. The van der Waals surface area contributed by atoms with Crippen LogP contribution < -0.4 is 10.6 Å². The molecule has 0 unspecified atom stereocenters. The Kier molecular flexibility index (Phi) is 3.07. The SMILES string of the molecule is CCOC(=O)[C@@H]1NC(=O)NC[C@H]1O. The summed E-state index contributed by atoms with van der Waals surface area (Å²) < 4.78 is 4.66. The molecule has 1 heterocycles. The van der Waals surface area contributed by atoms with Crippen LogP contribution in [0.5, 0.6) is 0 Å². The van der Waals surface area contributed by atoms with Gasteiger partial charge in [0.1, 0.15) is 6.10 Å². The Morgan fingerprint density at radius 2 is 2.46 bits per heavy atom. The van der Waals surface area contributed by atoms with Gasteiger partial charge in [-0.1, -0.05) is 0 Å². The van der Waals surface area contributed by atoms with Crippen LogP contribution in [0.25, 0.3) is 0 Å². The van der Waals surface area contributed by atoms with Crippen LogP contribution in [-0.4, -0.2) is 42.4 Å². The second-order valence-electron chi connectivity index (χ2n) is 2.65. The van der Waals surface area contributed by atoms with Gasteiger partial charge in [-0.05, 0) is 6.92 Å². The first-order chi connectivity index (χ1) is 6.15. The molecule has 1 fully saturated rings. The molecule has 0 radical (unpaired) electrons. The van der Waals surface area contributed by atoms with Crippen molar-refractivity contribution in [1.82, 2.24) is 10.6 Å². The van der Waals surface area contributed by atoms with Crippen LogP contribution in [0, 0.1) is 0 Å². The number of aliphatic hydroxyl groups is 1. The van der Waals surface area contributed by atoms with E-state index in [1.165, 1.54) is 0 Å². The van der Waals surface area contributed by atoms with Crippen LogP contribution >= 0.6 is 0 Å². The molecule has 0 saturated carbocycles. The molecule has 0 aromatic rings. The average Bonchev–Trinajstić information content (AvgIpc) is 2.09. The van der Waals surface area contributed by atoms with Gasteiger partial charge >= 0.3 is 12.0 Å². The zero-order chi connectivity index (χ0) is 9.84. The van der Waals surface area contributed by atoms with Crippen LogP contribution in [0.2, 0.25) is 0 Å². The maximum Gasteiger partial charge on any atom is 0.331 e. The molecule has 0 aromatic heterocycles. The molecular weight excluding hydrogens is 176 g/mol. The largest absolute Gasteiger partial charge is 0.464 e. The van der Waals surface area contributed by atoms with Crippen LogP contribution in [-0.2, 0) is 9.53 Å². The second kappa shape index (κ2) is 4.08. The summed E-state index contributed by atoms with van der Waals surface area (Å²) in [7, 11) is 0. The number of carbonyl (C=O) groups excluding carboxylic acids is 2. The highest BCUT2D eigenvalue weighted by Gasteiger charge is 2.33. The van der Waals surface area contributed by atoms with Gasteiger partial charge in [0.25, 0.3) is 0 Å². The van der Waals surface area contributed by atoms with Gasteiger partial charge < -0.3 is 20.5 Å². The fourth-order valence-electron chi connectivity index (χ4n) is 1.05. The van der Waals surface area contributed by atoms with Gasteiger partial charge in [0, 0.05) is 6.54 Å². The summed E-state index contributed by atoms with van der Waals surface area (Å²) in [6.07, 6.45) is -0.934. The second-order valence-corrected chi connectivity index (χ2v) is 2.65. The van der Waals surface area contributed by atoms with E-state index >= 15 is 0 Å². The number of esters is 1. The van der Waals surface area contributed by atoms with Crippen LogP contribution in [0.1, 0.15) is 6.92 Å². The first kappa shape index (κ1) is 9.79. The number of amides is 2. The molecule has 6 heteroatoms. The minimum Gasteiger partial charge on any atom is -0.464 e. The van der Waals surface area contributed by atoms with Crippen molar-refractivity contribution in [2.75, 3.05) is 13.2 Å². The molecule has 1 rings (SSSR count). The fourth-order valence-corrected chi connectivity index (χ4v) is 1.05. The third-order valence-corrected chi connectivity index (χ3v) is 1.68. The minimum atomic E-state index is -0.950. The van der Waals surface area contributed by atoms with E-state index in [0.717, 1.165) is 0 Å². The molecule has 1 aliphatic rings. The van der Waals surface area contributed by atoms with Gasteiger partial charge in [-0.3, -0.25) is 0 Å². The summed E-state index contributed by atoms with van der Waals surface area (Å²) in [6, 6.07) is -1.42. The number of carbonyl (C=O) groups is 2. The summed E-state index contributed by atoms with van der Waals surface area (Å²) in [5.74, 6) is -0.607. The van der Waals surface area contributed by atoms with Crippen molar-refractivity contribution in [2.24, 2.45) is 0 Å². The van der Waals surface area contributed by atoms with Crippen LogP contribution in [0.4, 0.5) is 4.79 Å². The maximum absolute atomic E-state index is 11.1. The summed E-state index contributed by atoms with van der Waals surface area (Å²) >= 11 is 0. The average molecular weight is 188 g/mol. The lowest BCUT2D eigenvalue weighted by molar-refractivity contribution is -0.148. The molecular formula is C7H12N2O4. The number of β-amino-alcohol motifs (C(OH)–C–C–N with tert-alkyl or cyclic N) is 1. The number of urea groups is 1. The maximum atomic E-state index is 11.1. The highest BCUT2D eigenvalue weighted by Crippen LogP contribution is 2.00. The van der Waals surface area contributed by atoms with Crippen molar-refractivity contribution in [1.29, 1.82) is 0 Å². The van der Waals surface area contributed by atoms with Crippen molar-refractivity contribution in [2.45, 2.75) is 19.1 Å². The molecule has 74 valence electrons. The van der Waals surface area contributed by atoms with Gasteiger partial charge in [0.15, 0.2) is 6.04 Å². The predicted octanol–water partition coefficient (Wildman–Crippen LogP) is -1.41. The Morgan fingerprint density at radius 3 is 3.08 bits per heavy atom. The molecule has 6 nitrogen and oxygen atoms in total. The lowest BCUT2D eigenvalue weighted by Gasteiger charge is -2.27. The van der Waals surface area contributed by atoms with Crippen LogP contribution in [0.15, 0.2) is 0 Å². The van der Waals surface area contributed by atoms with E-state index in [-0.39, 0.29) is 13.2 Å². The van der Waals surface area contributed by atoms with E-state index in [1.807, 2.05) is 0 Å². The van der Waals surface area contributed by atoms with Gasteiger partial charge in [0.2, 0.25) is 0 Å². The minimum absolute atomic E-state index is 0.0648. The van der Waals surface area contributed by atoms with Crippen molar-refractivity contribution in [3.05, 3.63) is 0 Å². The highest BCUT2D eigenvalue weighted by atomic mass is 16.5. The fraction of sp³-hybridized carbons (Fsp3) is 0.714. The van der Waals surface area contributed by atoms with Crippen molar-refractivity contribution in [3.8, 4) is 0 Å². The lowest BCUT2D eigenvalue weighted by atomic mass is 10.1. The highest BCUT2D eigenvalue weighted by molar-refractivity contribution is 5.85. The first-order valence-corrected chi connectivity index (χ1v) is 4.04.